The molecule has 100 valence electrons. The molecule has 0 atom stereocenters. The maximum Gasteiger partial charge on any atom is 0.353 e. The fraction of sp³-hybridized carbons (Fsp3) is 0.167. The van der Waals surface area contributed by atoms with Crippen LogP contribution in [-0.4, -0.2) is 21.3 Å². The number of nitrogens with one attached hydrogen (secondary N) is 1. The molecule has 0 aliphatic heterocycles. The Kier molecular flexibility index (Phi) is 3.28. The van der Waals surface area contributed by atoms with E-state index in [-0.39, 0.29) is 22.0 Å². The van der Waals surface area contributed by atoms with E-state index in [0.717, 1.165) is 13.0 Å². The molecule has 0 saturated carbocycles. The Balaban J connectivity index is 2.43. The highest BCUT2D eigenvalue weighted by Gasteiger charge is 2.25. The molecule has 0 bridgehead atoms. The van der Waals surface area contributed by atoms with Crippen molar-refractivity contribution in [2.45, 2.75) is 12.8 Å². The second-order valence-corrected chi connectivity index (χ2v) is 4.46. The highest BCUT2D eigenvalue weighted by Crippen LogP contribution is 2.33. The summed E-state index contributed by atoms with van der Waals surface area (Å²) in [6.07, 6.45) is 0. The van der Waals surface area contributed by atoms with Crippen molar-refractivity contribution in [3.63, 3.8) is 0 Å². The van der Waals surface area contributed by atoms with Crippen molar-refractivity contribution in [2.24, 2.45) is 0 Å². The highest BCUT2D eigenvalue weighted by molar-refractivity contribution is 6.33. The molecule has 0 aliphatic carbocycles. The van der Waals surface area contributed by atoms with Gasteiger partial charge >= 0.3 is 5.97 Å². The van der Waals surface area contributed by atoms with Crippen LogP contribution in [0.5, 0.6) is 0 Å². The fourth-order valence-corrected chi connectivity index (χ4v) is 1.84. The first-order valence-electron chi connectivity index (χ1n) is 5.26. The molecule has 0 saturated heterocycles. The van der Waals surface area contributed by atoms with Crippen LogP contribution in [0.25, 0.3) is 11.3 Å². The van der Waals surface area contributed by atoms with Crippen molar-refractivity contribution in [3.05, 3.63) is 40.5 Å². The fourth-order valence-electron chi connectivity index (χ4n) is 1.57. The van der Waals surface area contributed by atoms with Crippen LogP contribution in [0, 0.1) is 0 Å². The van der Waals surface area contributed by atoms with Gasteiger partial charge in [0, 0.05) is 18.1 Å². The molecule has 0 unspecified atom stereocenters. The summed E-state index contributed by atoms with van der Waals surface area (Å²) in [5.41, 5.74) is 0.359. The smallest absolute Gasteiger partial charge is 0.353 e. The van der Waals surface area contributed by atoms with Gasteiger partial charge in [-0.2, -0.15) is 5.10 Å². The van der Waals surface area contributed by atoms with Gasteiger partial charge in [-0.15, -0.1) is 0 Å². The largest absolute Gasteiger partial charge is 0.477 e. The highest BCUT2D eigenvalue weighted by atomic mass is 35.5. The second-order valence-electron chi connectivity index (χ2n) is 4.06. The lowest BCUT2D eigenvalue weighted by atomic mass is 10.1. The molecule has 4 nitrogen and oxygen atoms in total. The number of aromatic carboxylic acids is 1. The lowest BCUT2D eigenvalue weighted by molar-refractivity contribution is 0.0175. The third kappa shape index (κ3) is 2.73. The van der Waals surface area contributed by atoms with Crippen molar-refractivity contribution in [3.8, 4) is 11.3 Å². The van der Waals surface area contributed by atoms with E-state index in [4.69, 9.17) is 16.7 Å². The number of carbonyl (C=O) groups is 1. The van der Waals surface area contributed by atoms with Crippen molar-refractivity contribution in [1.29, 1.82) is 0 Å². The summed E-state index contributed by atoms with van der Waals surface area (Å²) in [6, 6.07) is 5.05. The summed E-state index contributed by atoms with van der Waals surface area (Å²) in [4.78, 5) is 10.7. The SMILES string of the molecule is CC(F)(F)c1ccc(-c2cc(C(=O)O)[nH]n2)c(Cl)c1. The minimum Gasteiger partial charge on any atom is -0.477 e. The molecular formula is C12H9ClF2N2O2. The average Bonchev–Trinajstić information content (AvgIpc) is 2.76. The van der Waals surface area contributed by atoms with Crippen LogP contribution in [0.2, 0.25) is 5.02 Å². The minimum atomic E-state index is -2.99. The van der Waals surface area contributed by atoms with Gasteiger partial charge in [-0.05, 0) is 12.1 Å². The Morgan fingerprint density at radius 2 is 2.11 bits per heavy atom. The topological polar surface area (TPSA) is 66.0 Å². The van der Waals surface area contributed by atoms with Crippen LogP contribution in [0.15, 0.2) is 24.3 Å². The number of alkyl halides is 2. The first-order valence-corrected chi connectivity index (χ1v) is 5.64. The number of rotatable bonds is 3. The van der Waals surface area contributed by atoms with Gasteiger partial charge in [-0.1, -0.05) is 23.7 Å². The van der Waals surface area contributed by atoms with E-state index in [1.54, 1.807) is 0 Å². The van der Waals surface area contributed by atoms with E-state index in [9.17, 15) is 13.6 Å². The number of hydrogen-bond donors (Lipinski definition) is 2. The molecule has 7 heteroatoms. The molecule has 0 amide bonds. The number of benzene rings is 1. The van der Waals surface area contributed by atoms with Crippen LogP contribution < -0.4 is 0 Å². The van der Waals surface area contributed by atoms with E-state index < -0.39 is 11.9 Å². The number of carboxylic acid groups (broad SMARTS) is 1. The van der Waals surface area contributed by atoms with E-state index in [2.05, 4.69) is 10.2 Å². The van der Waals surface area contributed by atoms with Crippen LogP contribution >= 0.6 is 11.6 Å². The number of aromatic nitrogens is 2. The van der Waals surface area contributed by atoms with E-state index in [1.807, 2.05) is 0 Å². The predicted molar refractivity (Wildman–Crippen MR) is 65.6 cm³/mol. The summed E-state index contributed by atoms with van der Waals surface area (Å²) < 4.78 is 26.2. The zero-order chi connectivity index (χ0) is 14.2. The Morgan fingerprint density at radius 1 is 1.42 bits per heavy atom. The number of H-pyrrole nitrogens is 1. The van der Waals surface area contributed by atoms with E-state index >= 15 is 0 Å². The van der Waals surface area contributed by atoms with E-state index in [0.29, 0.717) is 5.56 Å². The van der Waals surface area contributed by atoms with Crippen LogP contribution in [0.4, 0.5) is 8.78 Å². The summed E-state index contributed by atoms with van der Waals surface area (Å²) >= 11 is 5.92. The average molecular weight is 287 g/mol. The molecule has 0 fully saturated rings. The van der Waals surface area contributed by atoms with Crippen molar-refractivity contribution >= 4 is 17.6 Å². The van der Waals surface area contributed by atoms with Crippen LogP contribution in [0.3, 0.4) is 0 Å². The maximum absolute atomic E-state index is 13.1. The number of aromatic amines is 1. The molecule has 1 aromatic heterocycles. The quantitative estimate of drug-likeness (QED) is 0.907. The normalized spacial score (nSPS) is 11.6. The molecule has 1 aromatic carbocycles. The van der Waals surface area contributed by atoms with Crippen molar-refractivity contribution < 1.29 is 18.7 Å². The molecule has 0 aliphatic rings. The number of nitrogens with zero attached hydrogens (tertiary/aromatic N) is 1. The molecule has 1 heterocycles. The van der Waals surface area contributed by atoms with Crippen LogP contribution in [0.1, 0.15) is 23.0 Å². The Labute approximate surface area is 112 Å². The molecule has 0 spiro atoms. The Morgan fingerprint density at radius 3 is 2.58 bits per heavy atom. The summed E-state index contributed by atoms with van der Waals surface area (Å²) in [5, 5.41) is 14.9. The lowest BCUT2D eigenvalue weighted by Crippen LogP contribution is -2.06. The van der Waals surface area contributed by atoms with Crippen molar-refractivity contribution in [2.75, 3.05) is 0 Å². The van der Waals surface area contributed by atoms with Gasteiger partial charge in [-0.3, -0.25) is 5.10 Å². The molecular weight excluding hydrogens is 278 g/mol. The number of halogens is 3. The van der Waals surface area contributed by atoms with Gasteiger partial charge in [0.2, 0.25) is 0 Å². The third-order valence-corrected chi connectivity index (χ3v) is 2.87. The van der Waals surface area contributed by atoms with Gasteiger partial charge in [0.15, 0.2) is 0 Å². The minimum absolute atomic E-state index is 0.0856. The summed E-state index contributed by atoms with van der Waals surface area (Å²) in [6.45, 7) is 0.773. The van der Waals surface area contributed by atoms with Gasteiger partial charge in [0.25, 0.3) is 5.92 Å². The van der Waals surface area contributed by atoms with Crippen LogP contribution in [-0.2, 0) is 5.92 Å². The molecule has 19 heavy (non-hydrogen) atoms. The number of hydrogen-bond acceptors (Lipinski definition) is 2. The summed E-state index contributed by atoms with van der Waals surface area (Å²) in [7, 11) is 0. The molecule has 2 N–H and O–H groups in total. The van der Waals surface area contributed by atoms with Crippen molar-refractivity contribution in [1.82, 2.24) is 10.2 Å². The zero-order valence-corrected chi connectivity index (χ0v) is 10.5. The Hall–Kier alpha value is -1.95. The maximum atomic E-state index is 13.1. The molecule has 2 aromatic rings. The Bertz CT molecular complexity index is 635. The first-order chi connectivity index (χ1) is 8.79. The van der Waals surface area contributed by atoms with Gasteiger partial charge in [-0.25, -0.2) is 13.6 Å². The van der Waals surface area contributed by atoms with Gasteiger partial charge in [0.05, 0.1) is 10.7 Å². The predicted octanol–water partition coefficient (Wildman–Crippen LogP) is 3.54. The van der Waals surface area contributed by atoms with Gasteiger partial charge in [0.1, 0.15) is 5.69 Å². The first kappa shape index (κ1) is 13.5. The standard InChI is InChI=1S/C12H9ClF2N2O2/c1-12(14,15)6-2-3-7(8(13)4-6)9-5-10(11(18)19)17-16-9/h2-5H,1H3,(H,16,17)(H,18,19). The summed E-state index contributed by atoms with van der Waals surface area (Å²) in [5.74, 6) is -4.15. The molecule has 2 rings (SSSR count). The lowest BCUT2D eigenvalue weighted by Gasteiger charge is -2.11. The number of carboxylic acids is 1. The third-order valence-electron chi connectivity index (χ3n) is 2.56. The second kappa shape index (κ2) is 4.62. The van der Waals surface area contributed by atoms with E-state index in [1.165, 1.54) is 18.2 Å². The van der Waals surface area contributed by atoms with Gasteiger partial charge < -0.3 is 5.11 Å². The monoisotopic (exact) mass is 286 g/mol. The zero-order valence-electron chi connectivity index (χ0n) is 9.75. The molecule has 0 radical (unpaired) electrons.